The largest absolute Gasteiger partial charge is 0.341 e. The van der Waals surface area contributed by atoms with Crippen LogP contribution in [0.3, 0.4) is 0 Å². The summed E-state index contributed by atoms with van der Waals surface area (Å²) in [6.07, 6.45) is 1.07. The van der Waals surface area contributed by atoms with Gasteiger partial charge in [0.2, 0.25) is 0 Å². The van der Waals surface area contributed by atoms with Crippen molar-refractivity contribution in [1.29, 1.82) is 0 Å². The third-order valence-corrected chi connectivity index (χ3v) is 5.64. The van der Waals surface area contributed by atoms with Gasteiger partial charge in [0.05, 0.1) is 5.56 Å². The normalized spacial score (nSPS) is 21.2. The van der Waals surface area contributed by atoms with Gasteiger partial charge in [-0.15, -0.1) is 0 Å². The van der Waals surface area contributed by atoms with Crippen LogP contribution in [0.25, 0.3) is 0 Å². The Kier molecular flexibility index (Phi) is 4.66. The second kappa shape index (κ2) is 5.85. The monoisotopic (exact) mass is 397 g/mol. The topological polar surface area (TPSA) is 54.5 Å². The average Bonchev–Trinajstić information content (AvgIpc) is 3.02. The van der Waals surface area contributed by atoms with E-state index in [2.05, 4.69) is 22.9 Å². The molecule has 1 saturated carbocycles. The number of nitrogens with zero attached hydrogens (tertiary/aromatic N) is 1. The third kappa shape index (κ3) is 3.76. The van der Waals surface area contributed by atoms with E-state index in [0.29, 0.717) is 18.4 Å². The highest BCUT2D eigenvalue weighted by Crippen LogP contribution is 2.38. The zero-order chi connectivity index (χ0) is 15.9. The molecule has 116 valence electrons. The Hall–Kier alpha value is -0.660. The molecule has 0 radical (unpaired) electrons. The van der Waals surface area contributed by atoms with Gasteiger partial charge in [0.15, 0.2) is 0 Å². The summed E-state index contributed by atoms with van der Waals surface area (Å²) in [4.78, 5) is 13.2. The van der Waals surface area contributed by atoms with Gasteiger partial charge in [0.25, 0.3) is 15.0 Å². The minimum absolute atomic E-state index is 0.0754. The molecule has 2 atom stereocenters. The van der Waals surface area contributed by atoms with Crippen LogP contribution >= 0.6 is 26.6 Å². The molecule has 1 aliphatic rings. The number of halogens is 3. The van der Waals surface area contributed by atoms with Crippen molar-refractivity contribution in [1.82, 2.24) is 4.90 Å². The zero-order valence-electron chi connectivity index (χ0n) is 11.4. The second-order valence-electron chi connectivity index (χ2n) is 5.36. The maximum absolute atomic E-state index is 13.6. The SMILES string of the molecule is CC1CC1CN(C)C(=O)c1cc(S(=O)(=O)Cl)c(F)cc1Br. The van der Waals surface area contributed by atoms with Gasteiger partial charge in [-0.25, -0.2) is 12.8 Å². The first-order chi connectivity index (χ1) is 9.61. The Balaban J connectivity index is 2.32. The third-order valence-electron chi connectivity index (χ3n) is 3.65. The molecule has 1 aliphatic carbocycles. The summed E-state index contributed by atoms with van der Waals surface area (Å²) in [5, 5.41) is 0. The van der Waals surface area contributed by atoms with Gasteiger partial charge in [-0.05, 0) is 46.3 Å². The number of benzene rings is 1. The maximum Gasteiger partial charge on any atom is 0.264 e. The molecular weight excluding hydrogens is 385 g/mol. The van der Waals surface area contributed by atoms with Gasteiger partial charge in [-0.3, -0.25) is 4.79 Å². The Morgan fingerprint density at radius 1 is 1.52 bits per heavy atom. The highest BCUT2D eigenvalue weighted by molar-refractivity contribution is 9.10. The Morgan fingerprint density at radius 2 is 2.10 bits per heavy atom. The van der Waals surface area contributed by atoms with Crippen LogP contribution in [0.15, 0.2) is 21.5 Å². The minimum Gasteiger partial charge on any atom is -0.341 e. The lowest BCUT2D eigenvalue weighted by Crippen LogP contribution is -2.29. The van der Waals surface area contributed by atoms with Gasteiger partial charge in [-0.1, -0.05) is 6.92 Å². The van der Waals surface area contributed by atoms with Gasteiger partial charge in [-0.2, -0.15) is 0 Å². The first kappa shape index (κ1) is 16.7. The quantitative estimate of drug-likeness (QED) is 0.732. The van der Waals surface area contributed by atoms with Crippen molar-refractivity contribution in [2.45, 2.75) is 18.2 Å². The lowest BCUT2D eigenvalue weighted by Gasteiger charge is -2.18. The van der Waals surface area contributed by atoms with Crippen molar-refractivity contribution >= 4 is 41.6 Å². The molecule has 2 rings (SSSR count). The molecule has 2 unspecified atom stereocenters. The highest BCUT2D eigenvalue weighted by atomic mass is 79.9. The fourth-order valence-corrected chi connectivity index (χ4v) is 3.56. The molecule has 0 aliphatic heterocycles. The molecular formula is C13H14BrClFNO3S. The smallest absolute Gasteiger partial charge is 0.264 e. The Bertz CT molecular complexity index is 695. The molecule has 1 aromatic carbocycles. The number of carbonyl (C=O) groups is 1. The summed E-state index contributed by atoms with van der Waals surface area (Å²) in [5.41, 5.74) is 0.0754. The van der Waals surface area contributed by atoms with Crippen molar-refractivity contribution in [2.24, 2.45) is 11.8 Å². The van der Waals surface area contributed by atoms with Crippen LogP contribution in [0.2, 0.25) is 0 Å². The van der Waals surface area contributed by atoms with Crippen LogP contribution in [0.4, 0.5) is 4.39 Å². The van der Waals surface area contributed by atoms with E-state index >= 15 is 0 Å². The van der Waals surface area contributed by atoms with Crippen LogP contribution in [0.1, 0.15) is 23.7 Å². The van der Waals surface area contributed by atoms with E-state index in [9.17, 15) is 17.6 Å². The molecule has 1 fully saturated rings. The predicted octanol–water partition coefficient (Wildman–Crippen LogP) is 3.24. The molecule has 4 nitrogen and oxygen atoms in total. The van der Waals surface area contributed by atoms with E-state index in [1.807, 2.05) is 0 Å². The summed E-state index contributed by atoms with van der Waals surface area (Å²) >= 11 is 3.09. The van der Waals surface area contributed by atoms with Crippen LogP contribution < -0.4 is 0 Å². The molecule has 0 spiro atoms. The van der Waals surface area contributed by atoms with Gasteiger partial charge in [0.1, 0.15) is 10.7 Å². The number of hydrogen-bond donors (Lipinski definition) is 0. The summed E-state index contributed by atoms with van der Waals surface area (Å²) < 4.78 is 36.5. The van der Waals surface area contributed by atoms with Crippen LogP contribution in [0.5, 0.6) is 0 Å². The molecule has 21 heavy (non-hydrogen) atoms. The Labute approximate surface area is 135 Å². The second-order valence-corrected chi connectivity index (χ2v) is 8.75. The van der Waals surface area contributed by atoms with E-state index in [4.69, 9.17) is 10.7 Å². The summed E-state index contributed by atoms with van der Waals surface area (Å²) in [6, 6.07) is 1.91. The lowest BCUT2D eigenvalue weighted by molar-refractivity contribution is 0.0786. The molecule has 0 heterocycles. The fourth-order valence-electron chi connectivity index (χ4n) is 2.17. The van der Waals surface area contributed by atoms with Crippen molar-refractivity contribution in [3.63, 3.8) is 0 Å². The van der Waals surface area contributed by atoms with E-state index < -0.39 is 19.8 Å². The Morgan fingerprint density at radius 3 is 2.57 bits per heavy atom. The molecule has 8 heteroatoms. The molecule has 1 amide bonds. The van der Waals surface area contributed by atoms with Crippen LogP contribution in [0, 0.1) is 17.7 Å². The first-order valence-corrected chi connectivity index (χ1v) is 9.40. The number of amides is 1. The fraction of sp³-hybridized carbons (Fsp3) is 0.462. The molecule has 0 N–H and O–H groups in total. The molecule has 0 aromatic heterocycles. The standard InChI is InChI=1S/C13H14BrClFNO3S/c1-7-3-8(7)6-17(2)13(18)9-4-12(21(15,19)20)11(16)5-10(9)14/h4-5,7-8H,3,6H2,1-2H3. The van der Waals surface area contributed by atoms with Crippen molar-refractivity contribution < 1.29 is 17.6 Å². The van der Waals surface area contributed by atoms with Crippen molar-refractivity contribution in [3.05, 3.63) is 28.0 Å². The van der Waals surface area contributed by atoms with E-state index in [-0.39, 0.29) is 15.9 Å². The zero-order valence-corrected chi connectivity index (χ0v) is 14.6. The first-order valence-electron chi connectivity index (χ1n) is 6.30. The van der Waals surface area contributed by atoms with Crippen molar-refractivity contribution in [2.75, 3.05) is 13.6 Å². The molecule has 0 bridgehead atoms. The van der Waals surface area contributed by atoms with E-state index in [1.54, 1.807) is 7.05 Å². The number of hydrogen-bond acceptors (Lipinski definition) is 3. The summed E-state index contributed by atoms with van der Waals surface area (Å²) in [7, 11) is 2.57. The minimum atomic E-state index is -4.25. The average molecular weight is 399 g/mol. The van der Waals surface area contributed by atoms with Gasteiger partial charge >= 0.3 is 0 Å². The molecule has 1 aromatic rings. The van der Waals surface area contributed by atoms with E-state index in [0.717, 1.165) is 18.6 Å². The van der Waals surface area contributed by atoms with Crippen molar-refractivity contribution in [3.8, 4) is 0 Å². The van der Waals surface area contributed by atoms with Crippen LogP contribution in [-0.4, -0.2) is 32.8 Å². The number of carbonyl (C=O) groups excluding carboxylic acids is 1. The summed E-state index contributed by atoms with van der Waals surface area (Å²) in [5.74, 6) is -0.306. The van der Waals surface area contributed by atoms with E-state index in [1.165, 1.54) is 4.90 Å². The van der Waals surface area contributed by atoms with Gasteiger partial charge in [0, 0.05) is 28.7 Å². The van der Waals surface area contributed by atoms with Gasteiger partial charge < -0.3 is 4.90 Å². The predicted molar refractivity (Wildman–Crippen MR) is 81.4 cm³/mol. The van der Waals surface area contributed by atoms with Crippen LogP contribution in [-0.2, 0) is 9.05 Å². The molecule has 0 saturated heterocycles. The maximum atomic E-state index is 13.6. The lowest BCUT2D eigenvalue weighted by atomic mass is 10.2. The number of rotatable bonds is 4. The highest BCUT2D eigenvalue weighted by Gasteiger charge is 2.34. The summed E-state index contributed by atoms with van der Waals surface area (Å²) in [6.45, 7) is 2.70.